The van der Waals surface area contributed by atoms with E-state index in [0.29, 0.717) is 5.92 Å². The molecule has 0 amide bonds. The minimum absolute atomic E-state index is 0.274. The van der Waals surface area contributed by atoms with Crippen LogP contribution in [0.5, 0.6) is 0 Å². The van der Waals surface area contributed by atoms with Crippen LogP contribution in [-0.2, 0) is 0 Å². The molecule has 0 fully saturated rings. The van der Waals surface area contributed by atoms with E-state index in [4.69, 9.17) is 0 Å². The third kappa shape index (κ3) is 1.04. The SMILES string of the molecule is OC1CC2CC=Cc3ccc(Br)c1c32. The van der Waals surface area contributed by atoms with Crippen molar-refractivity contribution in [3.8, 4) is 0 Å². The minimum Gasteiger partial charge on any atom is -0.388 e. The van der Waals surface area contributed by atoms with Crippen molar-refractivity contribution < 1.29 is 5.11 Å². The molecule has 3 rings (SSSR count). The Morgan fingerprint density at radius 2 is 2.14 bits per heavy atom. The van der Waals surface area contributed by atoms with Crippen molar-refractivity contribution in [3.05, 3.63) is 39.4 Å². The number of aliphatic hydroxyl groups excluding tert-OH is 1. The Hall–Kier alpha value is -0.600. The highest BCUT2D eigenvalue weighted by Gasteiger charge is 2.33. The zero-order valence-corrected chi connectivity index (χ0v) is 9.29. The summed E-state index contributed by atoms with van der Waals surface area (Å²) in [5, 5.41) is 9.96. The van der Waals surface area contributed by atoms with Gasteiger partial charge in [0, 0.05) is 4.47 Å². The van der Waals surface area contributed by atoms with Gasteiger partial charge >= 0.3 is 0 Å². The second-order valence-corrected chi connectivity index (χ2v) is 4.90. The van der Waals surface area contributed by atoms with Gasteiger partial charge in [-0.2, -0.15) is 0 Å². The molecule has 0 saturated carbocycles. The lowest BCUT2D eigenvalue weighted by atomic mass is 9.89. The van der Waals surface area contributed by atoms with Crippen LogP contribution in [0.4, 0.5) is 0 Å². The van der Waals surface area contributed by atoms with Gasteiger partial charge in [-0.3, -0.25) is 0 Å². The molecule has 2 atom stereocenters. The average Bonchev–Trinajstić information content (AvgIpc) is 2.51. The van der Waals surface area contributed by atoms with Gasteiger partial charge in [-0.15, -0.1) is 0 Å². The highest BCUT2D eigenvalue weighted by molar-refractivity contribution is 9.10. The number of aliphatic hydroxyl groups is 1. The van der Waals surface area contributed by atoms with Crippen LogP contribution in [0.2, 0.25) is 0 Å². The molecule has 0 aromatic heterocycles. The fourth-order valence-corrected chi connectivity index (χ4v) is 3.25. The Balaban J connectivity index is 2.32. The van der Waals surface area contributed by atoms with E-state index >= 15 is 0 Å². The fraction of sp³-hybridized carbons (Fsp3) is 0.333. The van der Waals surface area contributed by atoms with Crippen LogP contribution in [0.3, 0.4) is 0 Å². The molecule has 1 N–H and O–H groups in total. The van der Waals surface area contributed by atoms with Gasteiger partial charge < -0.3 is 5.11 Å². The van der Waals surface area contributed by atoms with Gasteiger partial charge in [0.15, 0.2) is 0 Å². The van der Waals surface area contributed by atoms with Gasteiger partial charge in [0.1, 0.15) is 0 Å². The molecule has 72 valence electrons. The third-order valence-electron chi connectivity index (χ3n) is 3.23. The Kier molecular flexibility index (Phi) is 1.83. The number of allylic oxidation sites excluding steroid dienone is 1. The summed E-state index contributed by atoms with van der Waals surface area (Å²) in [6, 6.07) is 4.17. The van der Waals surface area contributed by atoms with E-state index in [9.17, 15) is 5.11 Å². The van der Waals surface area contributed by atoms with E-state index in [1.54, 1.807) is 0 Å². The van der Waals surface area contributed by atoms with Crippen molar-refractivity contribution in [3.63, 3.8) is 0 Å². The van der Waals surface area contributed by atoms with Crippen molar-refractivity contribution in [2.75, 3.05) is 0 Å². The number of benzene rings is 1. The van der Waals surface area contributed by atoms with Gasteiger partial charge in [0.2, 0.25) is 0 Å². The van der Waals surface area contributed by atoms with Crippen LogP contribution in [0.1, 0.15) is 41.6 Å². The molecule has 0 bridgehead atoms. The minimum atomic E-state index is -0.274. The molecular formula is C12H11BrO. The fourth-order valence-electron chi connectivity index (χ4n) is 2.64. The molecule has 0 heterocycles. The average molecular weight is 251 g/mol. The second kappa shape index (κ2) is 2.94. The maximum absolute atomic E-state index is 9.96. The number of hydrogen-bond donors (Lipinski definition) is 1. The van der Waals surface area contributed by atoms with Gasteiger partial charge in [-0.1, -0.05) is 34.1 Å². The Bertz CT molecular complexity index is 423. The third-order valence-corrected chi connectivity index (χ3v) is 3.93. The summed E-state index contributed by atoms with van der Waals surface area (Å²) >= 11 is 3.52. The molecule has 1 aromatic carbocycles. The summed E-state index contributed by atoms with van der Waals surface area (Å²) in [7, 11) is 0. The largest absolute Gasteiger partial charge is 0.388 e. The van der Waals surface area contributed by atoms with Crippen LogP contribution in [0.25, 0.3) is 6.08 Å². The van der Waals surface area contributed by atoms with E-state index in [1.165, 1.54) is 11.1 Å². The van der Waals surface area contributed by atoms with Gasteiger partial charge in [0.25, 0.3) is 0 Å². The van der Waals surface area contributed by atoms with Crippen LogP contribution < -0.4 is 0 Å². The summed E-state index contributed by atoms with van der Waals surface area (Å²) in [4.78, 5) is 0. The summed E-state index contributed by atoms with van der Waals surface area (Å²) in [6.45, 7) is 0. The molecule has 0 spiro atoms. The summed E-state index contributed by atoms with van der Waals surface area (Å²) in [5.41, 5.74) is 3.78. The van der Waals surface area contributed by atoms with Gasteiger partial charge in [0.05, 0.1) is 6.10 Å². The molecule has 2 unspecified atom stereocenters. The van der Waals surface area contributed by atoms with Gasteiger partial charge in [-0.05, 0) is 41.5 Å². The molecule has 1 nitrogen and oxygen atoms in total. The lowest BCUT2D eigenvalue weighted by Crippen LogP contribution is -1.99. The second-order valence-electron chi connectivity index (χ2n) is 4.05. The first kappa shape index (κ1) is 8.69. The molecule has 0 radical (unpaired) electrons. The van der Waals surface area contributed by atoms with E-state index in [1.807, 2.05) is 6.07 Å². The molecular weight excluding hydrogens is 240 g/mol. The zero-order chi connectivity index (χ0) is 9.71. The summed E-state index contributed by atoms with van der Waals surface area (Å²) < 4.78 is 1.06. The van der Waals surface area contributed by atoms with Gasteiger partial charge in [-0.25, -0.2) is 0 Å². The highest BCUT2D eigenvalue weighted by Crippen LogP contribution is 2.49. The Morgan fingerprint density at radius 3 is 3.00 bits per heavy atom. The lowest BCUT2D eigenvalue weighted by molar-refractivity contribution is 0.172. The summed E-state index contributed by atoms with van der Waals surface area (Å²) in [5.74, 6) is 0.539. The topological polar surface area (TPSA) is 20.2 Å². The zero-order valence-electron chi connectivity index (χ0n) is 7.70. The maximum Gasteiger partial charge on any atom is 0.0809 e. The predicted octanol–water partition coefficient (Wildman–Crippen LogP) is 3.39. The predicted molar refractivity (Wildman–Crippen MR) is 60.1 cm³/mol. The summed E-state index contributed by atoms with van der Waals surface area (Å²) in [6.07, 6.45) is 6.06. The number of hydrogen-bond acceptors (Lipinski definition) is 1. The van der Waals surface area contributed by atoms with E-state index in [2.05, 4.69) is 34.1 Å². The molecule has 0 aliphatic heterocycles. The smallest absolute Gasteiger partial charge is 0.0809 e. The maximum atomic E-state index is 9.96. The van der Waals surface area contributed by atoms with Crippen LogP contribution in [-0.4, -0.2) is 5.11 Å². The first-order valence-electron chi connectivity index (χ1n) is 4.94. The van der Waals surface area contributed by atoms with Crippen LogP contribution in [0.15, 0.2) is 22.7 Å². The molecule has 2 aliphatic carbocycles. The molecule has 2 heteroatoms. The monoisotopic (exact) mass is 250 g/mol. The highest BCUT2D eigenvalue weighted by atomic mass is 79.9. The Labute approximate surface area is 91.6 Å². The number of rotatable bonds is 0. The Morgan fingerprint density at radius 1 is 1.29 bits per heavy atom. The van der Waals surface area contributed by atoms with Crippen LogP contribution in [0, 0.1) is 0 Å². The number of halogens is 1. The van der Waals surface area contributed by atoms with Crippen LogP contribution >= 0.6 is 15.9 Å². The van der Waals surface area contributed by atoms with Crippen molar-refractivity contribution in [2.24, 2.45) is 0 Å². The quantitative estimate of drug-likeness (QED) is 0.749. The lowest BCUT2D eigenvalue weighted by Gasteiger charge is -2.16. The molecule has 2 aliphatic rings. The standard InChI is InChI=1S/C12H11BrO/c13-9-5-4-7-2-1-3-8-6-10(14)12(9)11(7)8/h1-2,4-5,8,10,14H,3,6H2. The van der Waals surface area contributed by atoms with E-state index in [0.717, 1.165) is 22.9 Å². The first-order valence-corrected chi connectivity index (χ1v) is 5.73. The van der Waals surface area contributed by atoms with Crippen molar-refractivity contribution >= 4 is 22.0 Å². The molecule has 0 saturated heterocycles. The van der Waals surface area contributed by atoms with Crippen molar-refractivity contribution in [1.29, 1.82) is 0 Å². The normalized spacial score (nSPS) is 27.9. The van der Waals surface area contributed by atoms with E-state index in [-0.39, 0.29) is 6.10 Å². The molecule has 1 aromatic rings. The van der Waals surface area contributed by atoms with E-state index < -0.39 is 0 Å². The molecule has 14 heavy (non-hydrogen) atoms. The van der Waals surface area contributed by atoms with Crippen molar-refractivity contribution in [2.45, 2.75) is 24.9 Å². The van der Waals surface area contributed by atoms with Crippen molar-refractivity contribution in [1.82, 2.24) is 0 Å². The first-order chi connectivity index (χ1) is 6.77.